The summed E-state index contributed by atoms with van der Waals surface area (Å²) >= 11 is 0. The van der Waals surface area contributed by atoms with Crippen LogP contribution in [0.15, 0.2) is 48.5 Å². The van der Waals surface area contributed by atoms with E-state index in [1.165, 1.54) is 0 Å². The predicted molar refractivity (Wildman–Crippen MR) is 131 cm³/mol. The zero-order valence-electron chi connectivity index (χ0n) is 19.6. The number of fused-ring (bicyclic) bond motifs is 2. The molecule has 3 aromatic rings. The molecule has 0 bridgehead atoms. The highest BCUT2D eigenvalue weighted by atomic mass is 16.2. The van der Waals surface area contributed by atoms with Crippen LogP contribution in [0.1, 0.15) is 17.1 Å². The molecule has 3 amide bonds. The molecule has 0 saturated carbocycles. The zero-order chi connectivity index (χ0) is 23.5. The molecule has 3 heterocycles. The summed E-state index contributed by atoms with van der Waals surface area (Å²) in [7, 11) is 7.77. The van der Waals surface area contributed by atoms with Gasteiger partial charge < -0.3 is 24.6 Å². The van der Waals surface area contributed by atoms with Gasteiger partial charge in [-0.3, -0.25) is 4.79 Å². The van der Waals surface area contributed by atoms with E-state index >= 15 is 0 Å². The topological polar surface area (TPSA) is 73.7 Å². The maximum atomic E-state index is 12.7. The van der Waals surface area contributed by atoms with Gasteiger partial charge in [-0.25, -0.2) is 9.78 Å². The minimum Gasteiger partial charge on any atom is -0.346 e. The van der Waals surface area contributed by atoms with E-state index in [-0.39, 0.29) is 11.9 Å². The van der Waals surface area contributed by atoms with Gasteiger partial charge in [0.15, 0.2) is 0 Å². The third-order valence-corrected chi connectivity index (χ3v) is 5.91. The maximum Gasteiger partial charge on any atom is 0.322 e. The van der Waals surface area contributed by atoms with E-state index in [2.05, 4.69) is 33.1 Å². The van der Waals surface area contributed by atoms with E-state index in [0.29, 0.717) is 25.3 Å². The van der Waals surface area contributed by atoms with Crippen molar-refractivity contribution in [3.63, 3.8) is 0 Å². The van der Waals surface area contributed by atoms with Gasteiger partial charge in [-0.15, -0.1) is 0 Å². The molecule has 0 atom stereocenters. The van der Waals surface area contributed by atoms with Crippen LogP contribution in [0, 0.1) is 0 Å². The SMILES string of the molecule is CN(C)CCN1Cc2nc(/C=C/C(=O)N(C)Cc3cc4ccccc4n3C)ccc2NC1=O. The Labute approximate surface area is 194 Å². The van der Waals surface area contributed by atoms with E-state index < -0.39 is 0 Å². The number of aromatic nitrogens is 2. The van der Waals surface area contributed by atoms with Crippen molar-refractivity contribution in [2.45, 2.75) is 13.1 Å². The summed E-state index contributed by atoms with van der Waals surface area (Å²) in [5.74, 6) is -0.0966. The number of carbonyl (C=O) groups excluding carboxylic acids is 2. The summed E-state index contributed by atoms with van der Waals surface area (Å²) in [5, 5.41) is 4.06. The monoisotopic (exact) mass is 446 g/mol. The summed E-state index contributed by atoms with van der Waals surface area (Å²) in [4.78, 5) is 35.1. The summed E-state index contributed by atoms with van der Waals surface area (Å²) in [6.45, 7) is 2.36. The first-order valence-corrected chi connectivity index (χ1v) is 11.0. The molecular formula is C25H30N6O2. The standard InChI is InChI=1S/C25H30N6O2/c1-28(2)13-14-31-17-22-21(27-25(31)33)11-9-19(26-22)10-12-24(32)29(3)16-20-15-18-7-5-6-8-23(18)30(20)4/h5-12,15H,13-14,16-17H2,1-4H3,(H,27,33)/b12-10+. The second-order valence-electron chi connectivity index (χ2n) is 8.67. The average molecular weight is 447 g/mol. The maximum absolute atomic E-state index is 12.7. The fraction of sp³-hybridized carbons (Fsp3) is 0.320. The van der Waals surface area contributed by atoms with Crippen LogP contribution < -0.4 is 5.32 Å². The van der Waals surface area contributed by atoms with E-state index in [0.717, 1.165) is 34.5 Å². The molecule has 1 aromatic carbocycles. The van der Waals surface area contributed by atoms with Crippen LogP contribution in [0.3, 0.4) is 0 Å². The first kappa shape index (κ1) is 22.5. The van der Waals surface area contributed by atoms with Gasteiger partial charge in [-0.05, 0) is 49.8 Å². The molecule has 33 heavy (non-hydrogen) atoms. The van der Waals surface area contributed by atoms with Gasteiger partial charge >= 0.3 is 6.03 Å². The van der Waals surface area contributed by atoms with Crippen LogP contribution in [0.5, 0.6) is 0 Å². The number of hydrogen-bond acceptors (Lipinski definition) is 4. The molecule has 0 fully saturated rings. The number of para-hydroxylation sites is 1. The first-order chi connectivity index (χ1) is 15.8. The molecule has 172 valence electrons. The van der Waals surface area contributed by atoms with Crippen molar-refractivity contribution >= 4 is 34.6 Å². The third-order valence-electron chi connectivity index (χ3n) is 5.91. The van der Waals surface area contributed by atoms with E-state index in [1.807, 2.05) is 50.3 Å². The highest BCUT2D eigenvalue weighted by Gasteiger charge is 2.23. The predicted octanol–water partition coefficient (Wildman–Crippen LogP) is 3.15. The molecule has 0 aliphatic carbocycles. The van der Waals surface area contributed by atoms with Crippen molar-refractivity contribution in [3.05, 3.63) is 65.6 Å². The number of urea groups is 1. The number of benzene rings is 1. The molecule has 0 saturated heterocycles. The van der Waals surface area contributed by atoms with Gasteiger partial charge in [0, 0.05) is 44.5 Å². The molecule has 0 spiro atoms. The van der Waals surface area contributed by atoms with Crippen LogP contribution in [0.4, 0.5) is 10.5 Å². The molecule has 4 rings (SSSR count). The number of hydrogen-bond donors (Lipinski definition) is 1. The van der Waals surface area contributed by atoms with Crippen molar-refractivity contribution in [1.82, 2.24) is 24.3 Å². The number of nitrogens with zero attached hydrogens (tertiary/aromatic N) is 5. The quantitative estimate of drug-likeness (QED) is 0.566. The Morgan fingerprint density at radius 2 is 1.97 bits per heavy atom. The van der Waals surface area contributed by atoms with Gasteiger partial charge in [0.05, 0.1) is 30.2 Å². The van der Waals surface area contributed by atoms with Crippen molar-refractivity contribution in [3.8, 4) is 0 Å². The molecule has 8 heteroatoms. The summed E-state index contributed by atoms with van der Waals surface area (Å²) < 4.78 is 2.12. The first-order valence-electron chi connectivity index (χ1n) is 11.0. The van der Waals surface area contributed by atoms with Crippen LogP contribution in [-0.4, -0.2) is 70.4 Å². The highest BCUT2D eigenvalue weighted by molar-refractivity contribution is 5.93. The minimum atomic E-state index is -0.111. The molecule has 1 N–H and O–H groups in total. The van der Waals surface area contributed by atoms with Gasteiger partial charge in [0.1, 0.15) is 0 Å². The molecule has 1 aliphatic rings. The number of likely N-dealkylation sites (N-methyl/N-ethyl adjacent to an activating group) is 2. The Morgan fingerprint density at radius 1 is 1.18 bits per heavy atom. The smallest absolute Gasteiger partial charge is 0.322 e. The molecule has 0 radical (unpaired) electrons. The Kier molecular flexibility index (Phi) is 6.46. The highest BCUT2D eigenvalue weighted by Crippen LogP contribution is 2.22. The van der Waals surface area contributed by atoms with Crippen molar-refractivity contribution in [1.29, 1.82) is 0 Å². The van der Waals surface area contributed by atoms with Crippen molar-refractivity contribution in [2.75, 3.05) is 39.5 Å². The largest absolute Gasteiger partial charge is 0.346 e. The van der Waals surface area contributed by atoms with Crippen molar-refractivity contribution < 1.29 is 9.59 Å². The molecule has 1 aliphatic heterocycles. The Morgan fingerprint density at radius 3 is 2.73 bits per heavy atom. The third kappa shape index (κ3) is 5.06. The number of nitrogens with one attached hydrogen (secondary N) is 1. The number of carbonyl (C=O) groups is 2. The lowest BCUT2D eigenvalue weighted by atomic mass is 10.2. The average Bonchev–Trinajstić information content (AvgIpc) is 3.11. The van der Waals surface area contributed by atoms with Crippen LogP contribution in [0.2, 0.25) is 0 Å². The second-order valence-corrected chi connectivity index (χ2v) is 8.67. The number of rotatable bonds is 7. The van der Waals surface area contributed by atoms with Crippen molar-refractivity contribution in [2.24, 2.45) is 7.05 Å². The lowest BCUT2D eigenvalue weighted by Gasteiger charge is -2.29. The minimum absolute atomic E-state index is 0.0966. The van der Waals surface area contributed by atoms with Crippen LogP contribution in [0.25, 0.3) is 17.0 Å². The fourth-order valence-corrected chi connectivity index (χ4v) is 3.90. The van der Waals surface area contributed by atoms with Gasteiger partial charge in [-0.1, -0.05) is 18.2 Å². The van der Waals surface area contributed by atoms with Gasteiger partial charge in [0.2, 0.25) is 5.91 Å². The number of amides is 3. The fourth-order valence-electron chi connectivity index (χ4n) is 3.90. The van der Waals surface area contributed by atoms with E-state index in [9.17, 15) is 9.59 Å². The van der Waals surface area contributed by atoms with E-state index in [1.54, 1.807) is 29.0 Å². The Balaban J connectivity index is 1.42. The Bertz CT molecular complexity index is 1210. The second kappa shape index (κ2) is 9.46. The summed E-state index contributed by atoms with van der Waals surface area (Å²) in [6.07, 6.45) is 3.27. The van der Waals surface area contributed by atoms with Gasteiger partial charge in [0.25, 0.3) is 0 Å². The number of aryl methyl sites for hydroxylation is 1. The van der Waals surface area contributed by atoms with Crippen LogP contribution >= 0.6 is 0 Å². The Hall–Kier alpha value is -3.65. The summed E-state index contributed by atoms with van der Waals surface area (Å²) in [5.41, 5.74) is 4.42. The number of anilines is 1. The van der Waals surface area contributed by atoms with E-state index in [4.69, 9.17) is 0 Å². The van der Waals surface area contributed by atoms with Gasteiger partial charge in [-0.2, -0.15) is 0 Å². The zero-order valence-corrected chi connectivity index (χ0v) is 19.6. The van der Waals surface area contributed by atoms with Crippen LogP contribution in [-0.2, 0) is 24.9 Å². The molecule has 2 aromatic heterocycles. The molecule has 8 nitrogen and oxygen atoms in total. The lowest BCUT2D eigenvalue weighted by molar-refractivity contribution is -0.125. The summed E-state index contributed by atoms with van der Waals surface area (Å²) in [6, 6.07) is 13.8. The number of pyridine rings is 1. The normalized spacial score (nSPS) is 13.6. The molecule has 0 unspecified atom stereocenters. The molecular weight excluding hydrogens is 416 g/mol. The lowest BCUT2D eigenvalue weighted by Crippen LogP contribution is -2.42.